The summed E-state index contributed by atoms with van der Waals surface area (Å²) in [5.74, 6) is 0.765. The summed E-state index contributed by atoms with van der Waals surface area (Å²) >= 11 is 0. The standard InChI is InChI=1S/C14H25O2Si/c1-15-17(14-9-3-2-4-10-14)16-12-11-13-7-5-6-8-13/h11-14H,2-10H2,1H3. The Labute approximate surface area is 107 Å². The second-order valence-corrected chi connectivity index (χ2v) is 7.45. The fourth-order valence-corrected chi connectivity index (χ4v) is 4.73. The summed E-state index contributed by atoms with van der Waals surface area (Å²) in [7, 11) is 0.749. The molecule has 2 fully saturated rings. The van der Waals surface area contributed by atoms with Gasteiger partial charge in [0.1, 0.15) is 0 Å². The third-order valence-corrected chi connectivity index (χ3v) is 6.09. The maximum absolute atomic E-state index is 5.89. The first-order valence-electron chi connectivity index (χ1n) is 7.14. The summed E-state index contributed by atoms with van der Waals surface area (Å²) in [5, 5.41) is 0. The monoisotopic (exact) mass is 253 g/mol. The predicted molar refractivity (Wildman–Crippen MR) is 71.8 cm³/mol. The van der Waals surface area contributed by atoms with Gasteiger partial charge in [-0.2, -0.15) is 0 Å². The normalized spacial score (nSPS) is 23.9. The molecule has 0 unspecified atom stereocenters. The third-order valence-electron chi connectivity index (χ3n) is 4.07. The lowest BCUT2D eigenvalue weighted by molar-refractivity contribution is 0.275. The molecule has 0 aromatic heterocycles. The Morgan fingerprint density at radius 2 is 1.59 bits per heavy atom. The molecule has 1 radical (unpaired) electrons. The molecule has 17 heavy (non-hydrogen) atoms. The van der Waals surface area contributed by atoms with Gasteiger partial charge in [-0.05, 0) is 37.7 Å². The smallest absolute Gasteiger partial charge is 0.460 e. The van der Waals surface area contributed by atoms with Crippen LogP contribution in [0.1, 0.15) is 57.8 Å². The molecule has 0 bridgehead atoms. The average molecular weight is 253 g/mol. The van der Waals surface area contributed by atoms with Crippen molar-refractivity contribution in [3.63, 3.8) is 0 Å². The van der Waals surface area contributed by atoms with E-state index < -0.39 is 9.28 Å². The predicted octanol–water partition coefficient (Wildman–Crippen LogP) is 4.18. The van der Waals surface area contributed by atoms with Crippen LogP contribution in [0.25, 0.3) is 0 Å². The van der Waals surface area contributed by atoms with Crippen molar-refractivity contribution in [2.75, 3.05) is 7.11 Å². The van der Waals surface area contributed by atoms with Crippen molar-refractivity contribution >= 4 is 9.28 Å². The Hall–Kier alpha value is -0.283. The van der Waals surface area contributed by atoms with E-state index in [0.29, 0.717) is 5.54 Å². The SMILES string of the molecule is CO[Si](OC=CC1CCCC1)C1CCCCC1. The Kier molecular flexibility index (Phi) is 5.59. The van der Waals surface area contributed by atoms with Crippen LogP contribution in [-0.4, -0.2) is 16.4 Å². The minimum absolute atomic E-state index is 0.701. The zero-order chi connectivity index (χ0) is 11.9. The van der Waals surface area contributed by atoms with Crippen LogP contribution in [0, 0.1) is 5.92 Å². The first-order valence-corrected chi connectivity index (χ1v) is 8.53. The lowest BCUT2D eigenvalue weighted by Crippen LogP contribution is -2.27. The van der Waals surface area contributed by atoms with E-state index in [1.54, 1.807) is 0 Å². The summed E-state index contributed by atoms with van der Waals surface area (Å²) in [6.07, 6.45) is 16.4. The molecule has 2 rings (SSSR count). The highest BCUT2D eigenvalue weighted by Gasteiger charge is 2.29. The molecule has 2 aliphatic carbocycles. The Morgan fingerprint density at radius 3 is 2.24 bits per heavy atom. The highest BCUT2D eigenvalue weighted by molar-refractivity contribution is 6.46. The number of hydrogen-bond donors (Lipinski definition) is 0. The minimum Gasteiger partial charge on any atom is -0.525 e. The molecule has 97 valence electrons. The maximum atomic E-state index is 5.89. The molecule has 2 aliphatic rings. The maximum Gasteiger partial charge on any atom is 0.460 e. The van der Waals surface area contributed by atoms with Crippen molar-refractivity contribution in [2.45, 2.75) is 63.3 Å². The molecule has 0 aromatic carbocycles. The quantitative estimate of drug-likeness (QED) is 0.540. The van der Waals surface area contributed by atoms with Gasteiger partial charge in [-0.3, -0.25) is 0 Å². The van der Waals surface area contributed by atoms with Crippen LogP contribution in [0.2, 0.25) is 5.54 Å². The van der Waals surface area contributed by atoms with Crippen LogP contribution in [-0.2, 0) is 8.85 Å². The molecule has 0 spiro atoms. The first-order chi connectivity index (χ1) is 8.40. The minimum atomic E-state index is -1.06. The van der Waals surface area contributed by atoms with Crippen molar-refractivity contribution < 1.29 is 8.85 Å². The number of rotatable bonds is 5. The second kappa shape index (κ2) is 7.22. The van der Waals surface area contributed by atoms with Crippen LogP contribution in [0.4, 0.5) is 0 Å². The van der Waals surface area contributed by atoms with Gasteiger partial charge in [0.15, 0.2) is 0 Å². The van der Waals surface area contributed by atoms with E-state index in [-0.39, 0.29) is 0 Å². The second-order valence-electron chi connectivity index (χ2n) is 5.35. The zero-order valence-electron chi connectivity index (χ0n) is 11.0. The molecule has 2 nitrogen and oxygen atoms in total. The van der Waals surface area contributed by atoms with Gasteiger partial charge >= 0.3 is 9.28 Å². The van der Waals surface area contributed by atoms with Crippen molar-refractivity contribution in [3.05, 3.63) is 12.3 Å². The van der Waals surface area contributed by atoms with E-state index in [1.807, 2.05) is 13.4 Å². The molecule has 2 saturated carbocycles. The van der Waals surface area contributed by atoms with E-state index >= 15 is 0 Å². The summed E-state index contributed by atoms with van der Waals surface area (Å²) in [6, 6.07) is 0. The summed E-state index contributed by atoms with van der Waals surface area (Å²) in [6.45, 7) is 0. The van der Waals surface area contributed by atoms with Crippen LogP contribution >= 0.6 is 0 Å². The Bertz CT molecular complexity index is 230. The zero-order valence-corrected chi connectivity index (χ0v) is 12.0. The van der Waals surface area contributed by atoms with Gasteiger partial charge in [-0.15, -0.1) is 0 Å². The molecule has 0 heterocycles. The van der Waals surface area contributed by atoms with Crippen LogP contribution in [0.15, 0.2) is 12.3 Å². The number of allylic oxidation sites excluding steroid dienone is 1. The fourth-order valence-electron chi connectivity index (χ4n) is 3.02. The van der Waals surface area contributed by atoms with E-state index in [1.165, 1.54) is 57.8 Å². The van der Waals surface area contributed by atoms with Crippen LogP contribution in [0.5, 0.6) is 0 Å². The van der Waals surface area contributed by atoms with E-state index in [2.05, 4.69) is 6.08 Å². The topological polar surface area (TPSA) is 18.5 Å². The van der Waals surface area contributed by atoms with Crippen LogP contribution < -0.4 is 0 Å². The molecule has 0 aromatic rings. The lowest BCUT2D eigenvalue weighted by atomic mass is 10.0. The van der Waals surface area contributed by atoms with Crippen molar-refractivity contribution in [1.29, 1.82) is 0 Å². The van der Waals surface area contributed by atoms with Gasteiger partial charge in [0.05, 0.1) is 6.26 Å². The van der Waals surface area contributed by atoms with Gasteiger partial charge in [-0.25, -0.2) is 0 Å². The van der Waals surface area contributed by atoms with E-state index in [4.69, 9.17) is 8.85 Å². The first kappa shape index (κ1) is 13.2. The largest absolute Gasteiger partial charge is 0.525 e. The molecule has 0 aliphatic heterocycles. The molecular formula is C14H25O2Si. The Balaban J connectivity index is 1.73. The summed E-state index contributed by atoms with van der Waals surface area (Å²) in [4.78, 5) is 0. The van der Waals surface area contributed by atoms with E-state index in [9.17, 15) is 0 Å². The highest BCUT2D eigenvalue weighted by atomic mass is 28.3. The van der Waals surface area contributed by atoms with E-state index in [0.717, 1.165) is 5.92 Å². The van der Waals surface area contributed by atoms with Gasteiger partial charge in [-0.1, -0.05) is 32.1 Å². The van der Waals surface area contributed by atoms with Gasteiger partial charge in [0.25, 0.3) is 0 Å². The molecule has 0 N–H and O–H groups in total. The Morgan fingerprint density at radius 1 is 0.941 bits per heavy atom. The summed E-state index contributed by atoms with van der Waals surface area (Å²) < 4.78 is 11.5. The lowest BCUT2D eigenvalue weighted by Gasteiger charge is -2.25. The molecule has 0 amide bonds. The van der Waals surface area contributed by atoms with Gasteiger partial charge in [0.2, 0.25) is 0 Å². The van der Waals surface area contributed by atoms with Gasteiger partial charge < -0.3 is 8.85 Å². The van der Waals surface area contributed by atoms with Crippen molar-refractivity contribution in [2.24, 2.45) is 5.92 Å². The van der Waals surface area contributed by atoms with Gasteiger partial charge in [0, 0.05) is 12.7 Å². The molecule has 3 heteroatoms. The molecular weight excluding hydrogens is 228 g/mol. The molecule has 0 atom stereocenters. The van der Waals surface area contributed by atoms with Crippen molar-refractivity contribution in [3.8, 4) is 0 Å². The van der Waals surface area contributed by atoms with Crippen molar-refractivity contribution in [1.82, 2.24) is 0 Å². The third kappa shape index (κ3) is 4.14. The number of hydrogen-bond acceptors (Lipinski definition) is 2. The summed E-state index contributed by atoms with van der Waals surface area (Å²) in [5.41, 5.74) is 0.701. The van der Waals surface area contributed by atoms with Crippen LogP contribution in [0.3, 0.4) is 0 Å². The average Bonchev–Trinajstić information content (AvgIpc) is 2.89. The molecule has 0 saturated heterocycles. The fraction of sp³-hybridized carbons (Fsp3) is 0.857. The highest BCUT2D eigenvalue weighted by Crippen LogP contribution is 2.32.